The van der Waals surface area contributed by atoms with Gasteiger partial charge in [0.25, 0.3) is 0 Å². The molecule has 1 fully saturated rings. The third-order valence-corrected chi connectivity index (χ3v) is 5.78. The lowest BCUT2D eigenvalue weighted by molar-refractivity contribution is 0.321. The van der Waals surface area contributed by atoms with Gasteiger partial charge in [0.15, 0.2) is 0 Å². The van der Waals surface area contributed by atoms with E-state index in [0.717, 1.165) is 41.8 Å². The maximum Gasteiger partial charge on any atom is 0.229 e. The van der Waals surface area contributed by atoms with Crippen molar-refractivity contribution in [3.63, 3.8) is 0 Å². The molecule has 0 radical (unpaired) electrons. The predicted octanol–water partition coefficient (Wildman–Crippen LogP) is 2.78. The SMILES string of the molecule is CC(=N)N1CCCC1Cc1nc(-c2ccc(Cn3cc(-c4cnn(C)c4)nn3)cc2)no1. The number of likely N-dealkylation sites (tertiary alicyclic amines) is 1. The number of rotatable bonds is 6. The molecule has 0 amide bonds. The van der Waals surface area contributed by atoms with Crippen LogP contribution in [0.15, 0.2) is 47.4 Å². The zero-order chi connectivity index (χ0) is 22.1. The second kappa shape index (κ2) is 8.37. The normalized spacial score (nSPS) is 16.1. The van der Waals surface area contributed by atoms with E-state index in [1.807, 2.05) is 55.3 Å². The van der Waals surface area contributed by atoms with Crippen molar-refractivity contribution in [1.29, 1.82) is 5.41 Å². The molecule has 10 nitrogen and oxygen atoms in total. The summed E-state index contributed by atoms with van der Waals surface area (Å²) in [6.45, 7) is 3.38. The summed E-state index contributed by atoms with van der Waals surface area (Å²) in [5, 5.41) is 24.7. The molecule has 10 heteroatoms. The van der Waals surface area contributed by atoms with Gasteiger partial charge in [-0.05, 0) is 25.3 Å². The van der Waals surface area contributed by atoms with Crippen molar-refractivity contribution in [2.24, 2.45) is 7.05 Å². The first-order chi connectivity index (χ1) is 15.5. The quantitative estimate of drug-likeness (QED) is 0.369. The topological polar surface area (TPSA) is 115 Å². The maximum absolute atomic E-state index is 7.92. The number of hydrogen-bond acceptors (Lipinski definition) is 7. The molecule has 4 aromatic rings. The van der Waals surface area contributed by atoms with Crippen LogP contribution in [0.25, 0.3) is 22.6 Å². The molecule has 1 saturated heterocycles. The van der Waals surface area contributed by atoms with Crippen molar-refractivity contribution < 1.29 is 4.52 Å². The summed E-state index contributed by atoms with van der Waals surface area (Å²) >= 11 is 0. The van der Waals surface area contributed by atoms with E-state index in [0.29, 0.717) is 30.5 Å². The highest BCUT2D eigenvalue weighted by Crippen LogP contribution is 2.23. The lowest BCUT2D eigenvalue weighted by atomic mass is 10.1. The van der Waals surface area contributed by atoms with E-state index in [9.17, 15) is 0 Å². The Labute approximate surface area is 185 Å². The van der Waals surface area contributed by atoms with Crippen LogP contribution in [0, 0.1) is 5.41 Å². The number of hydrogen-bond donors (Lipinski definition) is 1. The van der Waals surface area contributed by atoms with Crippen LogP contribution in [0.2, 0.25) is 0 Å². The van der Waals surface area contributed by atoms with Crippen molar-refractivity contribution in [1.82, 2.24) is 39.8 Å². The first kappa shape index (κ1) is 20.1. The largest absolute Gasteiger partial charge is 0.357 e. The Kier molecular flexibility index (Phi) is 5.26. The van der Waals surface area contributed by atoms with Gasteiger partial charge < -0.3 is 9.42 Å². The summed E-state index contributed by atoms with van der Waals surface area (Å²) in [5.74, 6) is 1.80. The molecule has 1 aliphatic heterocycles. The van der Waals surface area contributed by atoms with Gasteiger partial charge in [0.05, 0.1) is 24.8 Å². The van der Waals surface area contributed by atoms with Crippen LogP contribution in [0.3, 0.4) is 0 Å². The van der Waals surface area contributed by atoms with Gasteiger partial charge in [0, 0.05) is 43.4 Å². The molecule has 0 spiro atoms. The number of amidine groups is 1. The molecule has 0 bridgehead atoms. The van der Waals surface area contributed by atoms with E-state index in [1.165, 1.54) is 0 Å². The molecule has 4 heterocycles. The highest BCUT2D eigenvalue weighted by atomic mass is 16.5. The summed E-state index contributed by atoms with van der Waals surface area (Å²) in [7, 11) is 1.88. The number of aromatic nitrogens is 7. The van der Waals surface area contributed by atoms with Crippen molar-refractivity contribution in [3.05, 3.63) is 54.3 Å². The molecular formula is C22H25N9O. The molecule has 164 valence electrons. The van der Waals surface area contributed by atoms with Gasteiger partial charge >= 0.3 is 0 Å². The number of nitrogens with zero attached hydrogens (tertiary/aromatic N) is 8. The van der Waals surface area contributed by atoms with Crippen LogP contribution in [-0.2, 0) is 20.0 Å². The van der Waals surface area contributed by atoms with E-state index < -0.39 is 0 Å². The summed E-state index contributed by atoms with van der Waals surface area (Å²) in [6, 6.07) is 8.32. The van der Waals surface area contributed by atoms with Crippen LogP contribution in [0.1, 0.15) is 31.2 Å². The zero-order valence-corrected chi connectivity index (χ0v) is 18.1. The molecule has 1 aliphatic rings. The average Bonchev–Trinajstić information content (AvgIpc) is 3.56. The van der Waals surface area contributed by atoms with Gasteiger partial charge in [-0.2, -0.15) is 10.1 Å². The van der Waals surface area contributed by atoms with Gasteiger partial charge in [-0.25, -0.2) is 4.68 Å². The minimum absolute atomic E-state index is 0.266. The second-order valence-corrected chi connectivity index (χ2v) is 8.19. The molecule has 1 atom stereocenters. The van der Waals surface area contributed by atoms with Gasteiger partial charge in [0.2, 0.25) is 11.7 Å². The second-order valence-electron chi connectivity index (χ2n) is 8.19. The molecular weight excluding hydrogens is 406 g/mol. The fourth-order valence-electron chi connectivity index (χ4n) is 4.15. The number of aryl methyl sites for hydroxylation is 1. The lowest BCUT2D eigenvalue weighted by Gasteiger charge is -2.23. The number of nitrogens with one attached hydrogen (secondary N) is 1. The highest BCUT2D eigenvalue weighted by molar-refractivity contribution is 5.76. The van der Waals surface area contributed by atoms with Crippen LogP contribution in [0.5, 0.6) is 0 Å². The molecule has 1 aromatic carbocycles. The van der Waals surface area contributed by atoms with E-state index in [2.05, 4.69) is 30.5 Å². The van der Waals surface area contributed by atoms with Gasteiger partial charge in [-0.1, -0.05) is 34.6 Å². The van der Waals surface area contributed by atoms with Gasteiger partial charge in [-0.3, -0.25) is 10.1 Å². The third kappa shape index (κ3) is 4.16. The standard InChI is InChI=1S/C22H25N9O/c1-15(23)31-9-3-4-19(31)10-21-25-22(27-32-21)17-7-5-16(6-8-17)12-30-14-20(26-28-30)18-11-24-29(2)13-18/h5-8,11,13-14,19,23H,3-4,9-10,12H2,1-2H3. The summed E-state index contributed by atoms with van der Waals surface area (Å²) in [4.78, 5) is 6.69. The smallest absolute Gasteiger partial charge is 0.229 e. The van der Waals surface area contributed by atoms with Crippen LogP contribution in [0.4, 0.5) is 0 Å². The molecule has 3 aromatic heterocycles. The minimum Gasteiger partial charge on any atom is -0.357 e. The Bertz CT molecular complexity index is 1220. The van der Waals surface area contributed by atoms with Gasteiger partial charge in [0.1, 0.15) is 5.69 Å². The summed E-state index contributed by atoms with van der Waals surface area (Å²) in [6.07, 6.45) is 8.43. The van der Waals surface area contributed by atoms with Crippen LogP contribution in [-0.4, -0.2) is 58.2 Å². The third-order valence-electron chi connectivity index (χ3n) is 5.78. The Morgan fingerprint density at radius 3 is 2.78 bits per heavy atom. The fraction of sp³-hybridized carbons (Fsp3) is 0.364. The van der Waals surface area contributed by atoms with E-state index >= 15 is 0 Å². The Morgan fingerprint density at radius 1 is 1.19 bits per heavy atom. The first-order valence-electron chi connectivity index (χ1n) is 10.7. The van der Waals surface area contributed by atoms with Crippen LogP contribution >= 0.6 is 0 Å². The van der Waals surface area contributed by atoms with E-state index in [4.69, 9.17) is 9.93 Å². The summed E-state index contributed by atoms with van der Waals surface area (Å²) in [5.41, 5.74) is 3.75. The van der Waals surface area contributed by atoms with Crippen molar-refractivity contribution in [2.45, 2.75) is 38.8 Å². The summed E-state index contributed by atoms with van der Waals surface area (Å²) < 4.78 is 9.05. The molecule has 32 heavy (non-hydrogen) atoms. The Hall–Kier alpha value is -3.82. The minimum atomic E-state index is 0.266. The monoisotopic (exact) mass is 431 g/mol. The Morgan fingerprint density at radius 2 is 2.03 bits per heavy atom. The maximum atomic E-state index is 7.92. The molecule has 0 saturated carbocycles. The highest BCUT2D eigenvalue weighted by Gasteiger charge is 2.27. The van der Waals surface area contributed by atoms with Gasteiger partial charge in [-0.15, -0.1) is 5.10 Å². The van der Waals surface area contributed by atoms with E-state index in [-0.39, 0.29) is 6.04 Å². The Balaban J connectivity index is 1.23. The molecule has 0 aliphatic carbocycles. The predicted molar refractivity (Wildman–Crippen MR) is 118 cm³/mol. The first-order valence-corrected chi connectivity index (χ1v) is 10.7. The average molecular weight is 432 g/mol. The molecule has 1 unspecified atom stereocenters. The molecule has 1 N–H and O–H groups in total. The van der Waals surface area contributed by atoms with E-state index in [1.54, 1.807) is 10.9 Å². The lowest BCUT2D eigenvalue weighted by Crippen LogP contribution is -2.34. The zero-order valence-electron chi connectivity index (χ0n) is 18.1. The number of benzene rings is 1. The fourth-order valence-corrected chi connectivity index (χ4v) is 4.15. The van der Waals surface area contributed by atoms with Crippen LogP contribution < -0.4 is 0 Å². The van der Waals surface area contributed by atoms with Crippen molar-refractivity contribution in [2.75, 3.05) is 6.54 Å². The van der Waals surface area contributed by atoms with Crippen molar-refractivity contribution in [3.8, 4) is 22.6 Å². The molecule has 5 rings (SSSR count). The van der Waals surface area contributed by atoms with Crippen molar-refractivity contribution >= 4 is 5.84 Å².